The normalized spacial score (nSPS) is 12.0. The van der Waals surface area contributed by atoms with Gasteiger partial charge in [-0.05, 0) is 63.7 Å². The largest absolute Gasteiger partial charge is 0.294 e. The molecule has 0 fully saturated rings. The Bertz CT molecular complexity index is 779. The zero-order valence-corrected chi connectivity index (χ0v) is 17.1. The van der Waals surface area contributed by atoms with E-state index in [1.807, 2.05) is 83.6 Å². The molecule has 0 aliphatic rings. The number of benzene rings is 2. The predicted molar refractivity (Wildman–Crippen MR) is 106 cm³/mol. The van der Waals surface area contributed by atoms with Gasteiger partial charge in [-0.1, -0.05) is 42.5 Å². The molecule has 0 heterocycles. The van der Waals surface area contributed by atoms with Crippen molar-refractivity contribution in [2.75, 3.05) is 28.2 Å². The second kappa shape index (κ2) is 8.33. The molecule has 2 aromatic carbocycles. The highest BCUT2D eigenvalue weighted by molar-refractivity contribution is 8.56. The van der Waals surface area contributed by atoms with Crippen molar-refractivity contribution < 1.29 is 9.36 Å². The molecule has 0 saturated carbocycles. The molecule has 0 bridgehead atoms. The van der Waals surface area contributed by atoms with E-state index in [2.05, 4.69) is 0 Å². The van der Waals surface area contributed by atoms with E-state index in [4.69, 9.17) is 0 Å². The maximum Gasteiger partial charge on any atom is 0.275 e. The van der Waals surface area contributed by atoms with Crippen molar-refractivity contribution in [1.29, 1.82) is 0 Å². The van der Waals surface area contributed by atoms with Gasteiger partial charge >= 0.3 is 0 Å². The van der Waals surface area contributed by atoms with Gasteiger partial charge in [0.25, 0.3) is 6.65 Å². The molecule has 25 heavy (non-hydrogen) atoms. The van der Waals surface area contributed by atoms with Gasteiger partial charge in [0.1, 0.15) is 0 Å². The van der Waals surface area contributed by atoms with Crippen LogP contribution in [0.5, 0.6) is 0 Å². The van der Waals surface area contributed by atoms with E-state index in [0.29, 0.717) is 12.0 Å². The molecule has 134 valence electrons. The summed E-state index contributed by atoms with van der Waals surface area (Å²) < 4.78 is 16.8. The molecule has 0 spiro atoms. The van der Waals surface area contributed by atoms with Crippen LogP contribution in [0.15, 0.2) is 53.4 Å². The van der Waals surface area contributed by atoms with E-state index in [1.165, 1.54) is 11.4 Å². The Morgan fingerprint density at radius 1 is 0.960 bits per heavy atom. The fourth-order valence-electron chi connectivity index (χ4n) is 2.52. The number of hydrogen-bond acceptors (Lipinski definition) is 3. The molecule has 0 unspecified atom stereocenters. The Balaban J connectivity index is 2.37. The van der Waals surface area contributed by atoms with E-state index in [1.54, 1.807) is 9.34 Å². The molecule has 2 aromatic rings. The summed E-state index contributed by atoms with van der Waals surface area (Å²) in [6.07, 6.45) is 0.305. The van der Waals surface area contributed by atoms with E-state index in [0.717, 1.165) is 16.0 Å². The van der Waals surface area contributed by atoms with Gasteiger partial charge in [0.2, 0.25) is 0 Å². The molecular formula is C19H25N2O2PS. The molecule has 0 aliphatic carbocycles. The molecule has 0 atom stereocenters. The minimum Gasteiger partial charge on any atom is -0.294 e. The molecule has 0 aliphatic heterocycles. The predicted octanol–water partition coefficient (Wildman–Crippen LogP) is 4.74. The smallest absolute Gasteiger partial charge is 0.275 e. The molecule has 4 nitrogen and oxygen atoms in total. The number of carbonyl (C=O) groups is 1. The lowest BCUT2D eigenvalue weighted by Gasteiger charge is -2.30. The Labute approximate surface area is 154 Å². The van der Waals surface area contributed by atoms with Gasteiger partial charge in [0.05, 0.1) is 0 Å². The monoisotopic (exact) mass is 376 g/mol. The summed E-state index contributed by atoms with van der Waals surface area (Å²) in [5.74, 6) is 0.0706. The fraction of sp³-hybridized carbons (Fsp3) is 0.316. The number of ketones is 1. The van der Waals surface area contributed by atoms with Gasteiger partial charge in [-0.25, -0.2) is 9.34 Å². The lowest BCUT2D eigenvalue weighted by molar-refractivity contribution is 0.0992. The first-order valence-corrected chi connectivity index (χ1v) is 11.1. The van der Waals surface area contributed by atoms with Gasteiger partial charge in [-0.15, -0.1) is 0 Å². The summed E-state index contributed by atoms with van der Waals surface area (Å²) >= 11 is 1.34. The topological polar surface area (TPSA) is 40.6 Å². The van der Waals surface area contributed by atoms with Crippen molar-refractivity contribution in [3.8, 4) is 0 Å². The molecule has 0 saturated heterocycles. The number of rotatable bonds is 7. The summed E-state index contributed by atoms with van der Waals surface area (Å²) in [6.45, 7) is -0.781. The van der Waals surface area contributed by atoms with E-state index < -0.39 is 6.65 Å². The first kappa shape index (κ1) is 19.9. The maximum absolute atomic E-state index is 13.3. The molecule has 0 amide bonds. The summed E-state index contributed by atoms with van der Waals surface area (Å²) in [6, 6.07) is 15.2. The molecule has 6 heteroatoms. The standard InChI is InChI=1S/C19H25N2O2PS/c1-15-10-9-13-19(25-24(23,20(2)3)21(4)5)17(15)14-18(22)16-11-7-6-8-12-16/h6-13H,14H2,1-5H3. The highest BCUT2D eigenvalue weighted by Crippen LogP contribution is 2.64. The number of nitrogens with zero attached hydrogens (tertiary/aromatic N) is 2. The van der Waals surface area contributed by atoms with E-state index >= 15 is 0 Å². The van der Waals surface area contributed by atoms with Gasteiger partial charge in [-0.2, -0.15) is 0 Å². The Hall–Kier alpha value is -1.39. The molecule has 2 rings (SSSR count). The first-order valence-electron chi connectivity index (χ1n) is 8.07. The van der Waals surface area contributed by atoms with E-state index in [9.17, 15) is 9.36 Å². The number of Topliss-reactive ketones (excluding diaryl/α,β-unsaturated/α-hetero) is 1. The quantitative estimate of drug-likeness (QED) is 0.515. The van der Waals surface area contributed by atoms with Crippen LogP contribution in [0.2, 0.25) is 0 Å². The zero-order valence-electron chi connectivity index (χ0n) is 15.4. The lowest BCUT2D eigenvalue weighted by atomic mass is 9.99. The SMILES string of the molecule is Cc1cccc(SP(=O)(N(C)C)N(C)C)c1CC(=O)c1ccccc1. The number of aryl methyl sites for hydroxylation is 1. The van der Waals surface area contributed by atoms with Crippen LogP contribution >= 0.6 is 18.0 Å². The van der Waals surface area contributed by atoms with Crippen molar-refractivity contribution in [3.05, 3.63) is 65.2 Å². The van der Waals surface area contributed by atoms with Gasteiger partial charge in [0, 0.05) is 16.9 Å². The lowest BCUT2D eigenvalue weighted by Crippen LogP contribution is -2.18. The Morgan fingerprint density at radius 3 is 2.12 bits per heavy atom. The van der Waals surface area contributed by atoms with Gasteiger partial charge in [-0.3, -0.25) is 9.36 Å². The van der Waals surface area contributed by atoms with Crippen LogP contribution in [0.4, 0.5) is 0 Å². The van der Waals surface area contributed by atoms with Crippen molar-refractivity contribution in [3.63, 3.8) is 0 Å². The molecule has 0 radical (unpaired) electrons. The third-order valence-corrected chi connectivity index (χ3v) is 10.1. The second-order valence-electron chi connectivity index (χ2n) is 6.29. The summed E-state index contributed by atoms with van der Waals surface area (Å²) in [5.41, 5.74) is 2.69. The van der Waals surface area contributed by atoms with Crippen LogP contribution in [-0.4, -0.2) is 43.3 Å². The summed E-state index contributed by atoms with van der Waals surface area (Å²) in [7, 11) is 7.27. The Kier molecular flexibility index (Phi) is 6.64. The van der Waals surface area contributed by atoms with Crippen molar-refractivity contribution >= 4 is 23.8 Å². The minimum absolute atomic E-state index is 0.0706. The van der Waals surface area contributed by atoms with Crippen molar-refractivity contribution in [1.82, 2.24) is 9.34 Å². The van der Waals surface area contributed by atoms with Gasteiger partial charge in [0.15, 0.2) is 5.78 Å². The maximum atomic E-state index is 13.3. The average molecular weight is 376 g/mol. The third kappa shape index (κ3) is 4.62. The number of hydrogen-bond donors (Lipinski definition) is 0. The molecular weight excluding hydrogens is 351 g/mol. The van der Waals surface area contributed by atoms with Crippen molar-refractivity contribution in [2.24, 2.45) is 0 Å². The summed E-state index contributed by atoms with van der Waals surface area (Å²) in [4.78, 5) is 13.6. The zero-order chi connectivity index (χ0) is 18.6. The highest BCUT2D eigenvalue weighted by Gasteiger charge is 2.31. The van der Waals surface area contributed by atoms with Crippen LogP contribution in [0.25, 0.3) is 0 Å². The average Bonchev–Trinajstić information content (AvgIpc) is 2.58. The molecule has 0 aromatic heterocycles. The first-order chi connectivity index (χ1) is 11.8. The summed E-state index contributed by atoms with van der Waals surface area (Å²) in [5, 5.41) is 0. The second-order valence-corrected chi connectivity index (χ2v) is 11.5. The highest BCUT2D eigenvalue weighted by atomic mass is 32.7. The van der Waals surface area contributed by atoms with Crippen LogP contribution < -0.4 is 0 Å². The molecule has 0 N–H and O–H groups in total. The van der Waals surface area contributed by atoms with Crippen LogP contribution in [0, 0.1) is 6.92 Å². The Morgan fingerprint density at radius 2 is 1.56 bits per heavy atom. The number of carbonyl (C=O) groups excluding carboxylic acids is 1. The van der Waals surface area contributed by atoms with Crippen LogP contribution in [0.3, 0.4) is 0 Å². The minimum atomic E-state index is -2.78. The third-order valence-electron chi connectivity index (χ3n) is 4.03. The van der Waals surface area contributed by atoms with Gasteiger partial charge < -0.3 is 0 Å². The van der Waals surface area contributed by atoms with Crippen molar-refractivity contribution in [2.45, 2.75) is 18.2 Å². The fourth-order valence-corrected chi connectivity index (χ4v) is 6.57. The van der Waals surface area contributed by atoms with Crippen LogP contribution in [-0.2, 0) is 11.0 Å². The van der Waals surface area contributed by atoms with E-state index in [-0.39, 0.29) is 5.78 Å². The van der Waals surface area contributed by atoms with Crippen LogP contribution in [0.1, 0.15) is 21.5 Å².